The molecule has 0 radical (unpaired) electrons. The van der Waals surface area contributed by atoms with Gasteiger partial charge in [0.25, 0.3) is 0 Å². The minimum absolute atomic E-state index is 0.0115. The number of nitrogens with two attached hydrogens (primary N) is 1. The summed E-state index contributed by atoms with van der Waals surface area (Å²) in [4.78, 5) is 12.1. The van der Waals surface area contributed by atoms with Crippen LogP contribution in [0, 0.1) is 13.8 Å². The van der Waals surface area contributed by atoms with E-state index in [0.717, 1.165) is 53.9 Å². The van der Waals surface area contributed by atoms with Crippen LogP contribution < -0.4 is 5.73 Å². The molecule has 2 aromatic heterocycles. The number of hydrogen-bond acceptors (Lipinski definition) is 5. The summed E-state index contributed by atoms with van der Waals surface area (Å²) in [6.07, 6.45) is 7.05. The van der Waals surface area contributed by atoms with Crippen LogP contribution in [-0.4, -0.2) is 20.0 Å². The van der Waals surface area contributed by atoms with Gasteiger partial charge in [0.1, 0.15) is 0 Å². The molecular weight excluding hydrogens is 384 g/mol. The Kier molecular flexibility index (Phi) is 6.76. The van der Waals surface area contributed by atoms with Gasteiger partial charge in [0, 0.05) is 25.5 Å². The average molecular weight is 417 g/mol. The van der Waals surface area contributed by atoms with Crippen molar-refractivity contribution in [1.82, 2.24) is 14.9 Å². The second-order valence-corrected chi connectivity index (χ2v) is 8.51. The Labute approximate surface area is 185 Å². The number of hydrogen-bond donors (Lipinski definition) is 2. The quantitative estimate of drug-likeness (QED) is 0.618. The molecule has 3 heterocycles. The first-order chi connectivity index (χ1) is 15.1. The van der Waals surface area contributed by atoms with E-state index in [-0.39, 0.29) is 18.7 Å². The van der Waals surface area contributed by atoms with Crippen molar-refractivity contribution in [3.8, 4) is 0 Å². The Bertz CT molecular complexity index is 982. The summed E-state index contributed by atoms with van der Waals surface area (Å²) in [6, 6.07) is 14.9. The smallest absolute Gasteiger partial charge is 0.0685 e. The van der Waals surface area contributed by atoms with Gasteiger partial charge in [0.15, 0.2) is 0 Å². The highest BCUT2D eigenvalue weighted by Crippen LogP contribution is 2.43. The van der Waals surface area contributed by atoms with E-state index in [1.54, 1.807) is 0 Å². The van der Waals surface area contributed by atoms with E-state index in [1.165, 1.54) is 11.1 Å². The molecule has 1 aromatic carbocycles. The van der Waals surface area contributed by atoms with Crippen LogP contribution in [0.5, 0.6) is 0 Å². The first-order valence-electron chi connectivity index (χ1n) is 11.1. The molecule has 0 amide bonds. The van der Waals surface area contributed by atoms with E-state index in [2.05, 4.69) is 43.0 Å². The molecule has 0 saturated carbocycles. The van der Waals surface area contributed by atoms with Gasteiger partial charge in [-0.05, 0) is 73.1 Å². The molecule has 0 aliphatic carbocycles. The lowest BCUT2D eigenvalue weighted by atomic mass is 9.88. The van der Waals surface area contributed by atoms with Crippen LogP contribution in [0.15, 0.2) is 54.9 Å². The molecule has 5 heteroatoms. The lowest BCUT2D eigenvalue weighted by Gasteiger charge is -2.43. The number of benzene rings is 1. The molecule has 1 fully saturated rings. The van der Waals surface area contributed by atoms with Crippen molar-refractivity contribution in [2.75, 3.05) is 0 Å². The zero-order valence-electron chi connectivity index (χ0n) is 18.5. The monoisotopic (exact) mass is 416 g/mol. The van der Waals surface area contributed by atoms with Crippen molar-refractivity contribution in [3.05, 3.63) is 94.1 Å². The van der Waals surface area contributed by atoms with Crippen molar-refractivity contribution < 1.29 is 5.11 Å². The van der Waals surface area contributed by atoms with E-state index in [0.29, 0.717) is 6.54 Å². The Balaban J connectivity index is 1.78. The van der Waals surface area contributed by atoms with E-state index in [4.69, 9.17) is 15.7 Å². The maximum atomic E-state index is 10.0. The number of aliphatic hydroxyl groups is 1. The average Bonchev–Trinajstić information content (AvgIpc) is 2.80. The van der Waals surface area contributed by atoms with E-state index < -0.39 is 0 Å². The minimum atomic E-state index is 0.0115. The first-order valence-corrected chi connectivity index (χ1v) is 11.1. The number of aliphatic hydroxyl groups excluding tert-OH is 1. The van der Waals surface area contributed by atoms with Crippen molar-refractivity contribution in [3.63, 3.8) is 0 Å². The molecular formula is C26H32N4O. The molecule has 2 atom stereocenters. The standard InChI is InChI=1S/C26H32N4O/c1-18-6-4-12-28-25(18)23-8-3-9-24(26-19(2)7-5-13-29-26)30(23)16-21-11-10-20(15-27)14-22(21)17-31/h4-7,10-14,23-24,31H,3,8-9,15-17,27H2,1-2H3/t23-,24+. The van der Waals surface area contributed by atoms with Gasteiger partial charge in [-0.1, -0.05) is 30.3 Å². The predicted molar refractivity (Wildman–Crippen MR) is 123 cm³/mol. The van der Waals surface area contributed by atoms with Crippen molar-refractivity contribution in [2.24, 2.45) is 5.73 Å². The van der Waals surface area contributed by atoms with Gasteiger partial charge in [-0.25, -0.2) is 0 Å². The van der Waals surface area contributed by atoms with Gasteiger partial charge in [-0.15, -0.1) is 0 Å². The number of aryl methyl sites for hydroxylation is 2. The SMILES string of the molecule is Cc1cccnc1[C@H]1CCC[C@@H](c2ncccc2C)N1Cc1ccc(CN)cc1CO. The minimum Gasteiger partial charge on any atom is -0.392 e. The maximum absolute atomic E-state index is 10.0. The molecule has 5 nitrogen and oxygen atoms in total. The van der Waals surface area contributed by atoms with Gasteiger partial charge < -0.3 is 10.8 Å². The van der Waals surface area contributed by atoms with Crippen LogP contribution in [0.2, 0.25) is 0 Å². The van der Waals surface area contributed by atoms with Crippen LogP contribution in [0.3, 0.4) is 0 Å². The third-order valence-electron chi connectivity index (χ3n) is 6.52. The summed E-state index contributed by atoms with van der Waals surface area (Å²) < 4.78 is 0. The van der Waals surface area contributed by atoms with E-state index in [9.17, 15) is 5.11 Å². The normalized spacial score (nSPS) is 19.5. The van der Waals surface area contributed by atoms with Gasteiger partial charge in [0.2, 0.25) is 0 Å². The predicted octanol–water partition coefficient (Wildman–Crippen LogP) is 4.51. The van der Waals surface area contributed by atoms with Gasteiger partial charge in [0.05, 0.1) is 30.1 Å². The molecule has 0 bridgehead atoms. The Hall–Kier alpha value is -2.60. The second kappa shape index (κ2) is 9.69. The fourth-order valence-corrected chi connectivity index (χ4v) is 4.86. The summed E-state index contributed by atoms with van der Waals surface area (Å²) in [5.74, 6) is 0. The molecule has 1 aliphatic rings. The van der Waals surface area contributed by atoms with Gasteiger partial charge in [-0.3, -0.25) is 14.9 Å². The van der Waals surface area contributed by atoms with Gasteiger partial charge >= 0.3 is 0 Å². The highest BCUT2D eigenvalue weighted by atomic mass is 16.3. The Morgan fingerprint density at radius 3 is 2.06 bits per heavy atom. The van der Waals surface area contributed by atoms with Crippen LogP contribution in [0.1, 0.15) is 70.6 Å². The van der Waals surface area contributed by atoms with Crippen LogP contribution >= 0.6 is 0 Å². The molecule has 0 spiro atoms. The lowest BCUT2D eigenvalue weighted by molar-refractivity contribution is 0.0672. The molecule has 162 valence electrons. The lowest BCUT2D eigenvalue weighted by Crippen LogP contribution is -2.37. The number of likely N-dealkylation sites (tertiary alicyclic amines) is 1. The van der Waals surface area contributed by atoms with E-state index in [1.807, 2.05) is 30.6 Å². The topological polar surface area (TPSA) is 75.3 Å². The maximum Gasteiger partial charge on any atom is 0.0685 e. The highest BCUT2D eigenvalue weighted by molar-refractivity contribution is 5.33. The third-order valence-corrected chi connectivity index (χ3v) is 6.52. The number of aromatic nitrogens is 2. The first kappa shape index (κ1) is 21.6. The molecule has 0 unspecified atom stereocenters. The van der Waals surface area contributed by atoms with E-state index >= 15 is 0 Å². The molecule has 3 N–H and O–H groups in total. The molecule has 1 saturated heterocycles. The number of pyridine rings is 2. The molecule has 31 heavy (non-hydrogen) atoms. The highest BCUT2D eigenvalue weighted by Gasteiger charge is 2.35. The summed E-state index contributed by atoms with van der Waals surface area (Å²) in [7, 11) is 0. The fourth-order valence-electron chi connectivity index (χ4n) is 4.86. The Morgan fingerprint density at radius 2 is 1.55 bits per heavy atom. The van der Waals surface area contributed by atoms with Gasteiger partial charge in [-0.2, -0.15) is 0 Å². The molecule has 3 aromatic rings. The number of rotatable bonds is 6. The fraction of sp³-hybridized carbons (Fsp3) is 0.385. The Morgan fingerprint density at radius 1 is 0.935 bits per heavy atom. The third kappa shape index (κ3) is 4.54. The summed E-state index contributed by atoms with van der Waals surface area (Å²) >= 11 is 0. The summed E-state index contributed by atoms with van der Waals surface area (Å²) in [6.45, 7) is 5.51. The summed E-state index contributed by atoms with van der Waals surface area (Å²) in [5.41, 5.74) is 13.7. The molecule has 4 rings (SSSR count). The molecule has 1 aliphatic heterocycles. The zero-order valence-corrected chi connectivity index (χ0v) is 18.5. The van der Waals surface area contributed by atoms with Crippen molar-refractivity contribution >= 4 is 0 Å². The zero-order chi connectivity index (χ0) is 21.8. The largest absolute Gasteiger partial charge is 0.392 e. The van der Waals surface area contributed by atoms with Crippen molar-refractivity contribution in [2.45, 2.75) is 64.9 Å². The van der Waals surface area contributed by atoms with Crippen LogP contribution in [0.25, 0.3) is 0 Å². The number of piperidine rings is 1. The van der Waals surface area contributed by atoms with Crippen LogP contribution in [-0.2, 0) is 19.7 Å². The summed E-state index contributed by atoms with van der Waals surface area (Å²) in [5, 5.41) is 10.0. The van der Waals surface area contributed by atoms with Crippen LogP contribution in [0.4, 0.5) is 0 Å². The number of nitrogens with zero attached hydrogens (tertiary/aromatic N) is 3. The second-order valence-electron chi connectivity index (χ2n) is 8.51. The van der Waals surface area contributed by atoms with Crippen molar-refractivity contribution in [1.29, 1.82) is 0 Å².